The fourth-order valence-electron chi connectivity index (χ4n) is 3.63. The summed E-state index contributed by atoms with van der Waals surface area (Å²) < 4.78 is 12.2. The molecule has 160 valence electrons. The highest BCUT2D eigenvalue weighted by atomic mass is 28.4. The zero-order valence-electron chi connectivity index (χ0n) is 19.1. The summed E-state index contributed by atoms with van der Waals surface area (Å²) in [6, 6.07) is 17.8. The second kappa shape index (κ2) is 8.81. The number of carbonyl (C=O) groups excluding carboxylic acids is 1. The normalized spacial score (nSPS) is 17.2. The van der Waals surface area contributed by atoms with Gasteiger partial charge in [0.2, 0.25) is 8.32 Å². The maximum atomic E-state index is 13.0. The lowest BCUT2D eigenvalue weighted by Crippen LogP contribution is -2.41. The minimum Gasteiger partial charge on any atom is -0.546 e. The molecule has 0 heterocycles. The lowest BCUT2D eigenvalue weighted by atomic mass is 9.96. The summed E-state index contributed by atoms with van der Waals surface area (Å²) in [5.41, 5.74) is 3.19. The zero-order chi connectivity index (χ0) is 21.9. The number of ether oxygens (including phenoxy) is 1. The highest BCUT2D eigenvalue weighted by molar-refractivity contribution is 6.74. The quantitative estimate of drug-likeness (QED) is 0.352. The number of allylic oxidation sites excluding steroid dienone is 2. The van der Waals surface area contributed by atoms with E-state index in [2.05, 4.69) is 46.0 Å². The van der Waals surface area contributed by atoms with Crippen molar-refractivity contribution < 1.29 is 14.0 Å². The van der Waals surface area contributed by atoms with Crippen LogP contribution in [0.2, 0.25) is 18.1 Å². The van der Waals surface area contributed by atoms with Gasteiger partial charge in [-0.2, -0.15) is 0 Å². The van der Waals surface area contributed by atoms with E-state index in [1.807, 2.05) is 42.5 Å². The third-order valence-electron chi connectivity index (χ3n) is 6.55. The molecule has 1 aliphatic rings. The maximum absolute atomic E-state index is 13.0. The van der Waals surface area contributed by atoms with Crippen molar-refractivity contribution in [3.63, 3.8) is 0 Å². The third kappa shape index (κ3) is 4.86. The Morgan fingerprint density at radius 3 is 2.23 bits per heavy atom. The second-order valence-corrected chi connectivity index (χ2v) is 14.4. The Morgan fingerprint density at radius 2 is 1.67 bits per heavy atom. The van der Waals surface area contributed by atoms with Gasteiger partial charge in [-0.25, -0.2) is 0 Å². The predicted molar refractivity (Wildman–Crippen MR) is 126 cm³/mol. The van der Waals surface area contributed by atoms with Crippen LogP contribution in [-0.2, 0) is 4.43 Å². The number of methoxy groups -OCH3 is 1. The first kappa shape index (κ1) is 22.4. The van der Waals surface area contributed by atoms with Crippen LogP contribution < -0.4 is 4.74 Å². The molecule has 0 radical (unpaired) electrons. The van der Waals surface area contributed by atoms with Gasteiger partial charge >= 0.3 is 0 Å². The van der Waals surface area contributed by atoms with E-state index in [1.54, 1.807) is 7.11 Å². The number of carbonyl (C=O) groups is 1. The molecule has 0 aliphatic heterocycles. The Morgan fingerprint density at radius 1 is 1.03 bits per heavy atom. The molecule has 0 saturated carbocycles. The van der Waals surface area contributed by atoms with Crippen molar-refractivity contribution in [2.75, 3.05) is 7.11 Å². The monoisotopic (exact) mass is 422 g/mol. The first-order chi connectivity index (χ1) is 14.1. The van der Waals surface area contributed by atoms with Crippen LogP contribution in [0.1, 0.15) is 56.0 Å². The molecule has 4 heteroatoms. The molecule has 1 unspecified atom stereocenters. The standard InChI is InChI=1S/C26H34O3Si/c1-26(2,3)30(5,6)29-25-21(18-24(27)20-10-8-7-9-11-20)14-17-23(25)19-12-15-22(28-4)16-13-19/h7-13,15-16,21H,14,17-18H2,1-6H3. The molecular formula is C26H34O3Si. The topological polar surface area (TPSA) is 35.5 Å². The molecule has 2 aromatic carbocycles. The summed E-state index contributed by atoms with van der Waals surface area (Å²) >= 11 is 0. The number of hydrogen-bond acceptors (Lipinski definition) is 3. The van der Waals surface area contributed by atoms with Crippen LogP contribution >= 0.6 is 0 Å². The Balaban J connectivity index is 1.95. The number of rotatable bonds is 7. The van der Waals surface area contributed by atoms with Crippen molar-refractivity contribution in [2.45, 2.75) is 58.2 Å². The first-order valence-electron chi connectivity index (χ1n) is 10.8. The largest absolute Gasteiger partial charge is 0.546 e. The summed E-state index contributed by atoms with van der Waals surface area (Å²) in [7, 11) is -0.347. The van der Waals surface area contributed by atoms with Crippen LogP contribution in [0.15, 0.2) is 60.4 Å². The molecule has 3 nitrogen and oxygen atoms in total. The fraction of sp³-hybridized carbons (Fsp3) is 0.423. The van der Waals surface area contributed by atoms with E-state index in [0.717, 1.165) is 29.9 Å². The zero-order valence-corrected chi connectivity index (χ0v) is 20.1. The first-order valence-corrected chi connectivity index (χ1v) is 13.7. The van der Waals surface area contributed by atoms with Gasteiger partial charge in [0.25, 0.3) is 0 Å². The fourth-order valence-corrected chi connectivity index (χ4v) is 4.78. The van der Waals surface area contributed by atoms with E-state index in [-0.39, 0.29) is 16.7 Å². The lowest BCUT2D eigenvalue weighted by Gasteiger charge is -2.38. The van der Waals surface area contributed by atoms with Gasteiger partial charge in [-0.3, -0.25) is 4.79 Å². The van der Waals surface area contributed by atoms with Crippen molar-refractivity contribution in [1.29, 1.82) is 0 Å². The smallest absolute Gasteiger partial charge is 0.250 e. The predicted octanol–water partition coefficient (Wildman–Crippen LogP) is 7.11. The summed E-state index contributed by atoms with van der Waals surface area (Å²) in [6.07, 6.45) is 2.38. The van der Waals surface area contributed by atoms with E-state index in [4.69, 9.17) is 9.16 Å². The molecule has 30 heavy (non-hydrogen) atoms. The van der Waals surface area contributed by atoms with Crippen molar-refractivity contribution >= 4 is 19.7 Å². The number of ketones is 1. The number of hydrogen-bond donors (Lipinski definition) is 0. The van der Waals surface area contributed by atoms with Crippen LogP contribution in [-0.4, -0.2) is 21.2 Å². The van der Waals surface area contributed by atoms with Crippen LogP contribution in [0.5, 0.6) is 5.75 Å². The molecule has 0 aromatic heterocycles. The molecule has 0 amide bonds. The van der Waals surface area contributed by atoms with Gasteiger partial charge < -0.3 is 9.16 Å². The van der Waals surface area contributed by atoms with Crippen LogP contribution in [0.4, 0.5) is 0 Å². The molecule has 0 bridgehead atoms. The van der Waals surface area contributed by atoms with Gasteiger partial charge in [-0.05, 0) is 54.2 Å². The van der Waals surface area contributed by atoms with E-state index < -0.39 is 8.32 Å². The van der Waals surface area contributed by atoms with E-state index in [1.165, 1.54) is 11.1 Å². The van der Waals surface area contributed by atoms with E-state index >= 15 is 0 Å². The molecule has 1 aliphatic carbocycles. The van der Waals surface area contributed by atoms with Gasteiger partial charge in [0, 0.05) is 17.9 Å². The summed E-state index contributed by atoms with van der Waals surface area (Å²) in [6.45, 7) is 11.3. The third-order valence-corrected chi connectivity index (χ3v) is 10.9. The van der Waals surface area contributed by atoms with Crippen molar-refractivity contribution in [1.82, 2.24) is 0 Å². The van der Waals surface area contributed by atoms with Crippen LogP contribution in [0.3, 0.4) is 0 Å². The molecule has 0 saturated heterocycles. The van der Waals surface area contributed by atoms with Crippen LogP contribution in [0, 0.1) is 5.92 Å². The Hall–Kier alpha value is -2.33. The highest BCUT2D eigenvalue weighted by Crippen LogP contribution is 2.46. The summed E-state index contributed by atoms with van der Waals surface area (Å²) in [5.74, 6) is 2.20. The average Bonchev–Trinajstić information content (AvgIpc) is 3.09. The van der Waals surface area contributed by atoms with E-state index in [0.29, 0.717) is 6.42 Å². The molecule has 0 fully saturated rings. The van der Waals surface area contributed by atoms with Gasteiger partial charge in [0.05, 0.1) is 12.9 Å². The maximum Gasteiger partial charge on any atom is 0.250 e. The van der Waals surface area contributed by atoms with E-state index in [9.17, 15) is 4.79 Å². The summed E-state index contributed by atoms with van der Waals surface area (Å²) in [4.78, 5) is 13.0. The Labute approximate surface area is 182 Å². The van der Waals surface area contributed by atoms with Gasteiger partial charge in [0.15, 0.2) is 5.78 Å². The lowest BCUT2D eigenvalue weighted by molar-refractivity contribution is 0.0959. The van der Waals surface area contributed by atoms with Crippen molar-refractivity contribution in [2.24, 2.45) is 5.92 Å². The Kier molecular flexibility index (Phi) is 6.56. The average molecular weight is 423 g/mol. The van der Waals surface area contributed by atoms with Gasteiger partial charge in [-0.1, -0.05) is 63.2 Å². The number of Topliss-reactive ketones (excluding diaryl/α,β-unsaturated/α-hetero) is 1. The second-order valence-electron chi connectivity index (χ2n) is 9.66. The Bertz CT molecular complexity index is 906. The molecular weight excluding hydrogens is 388 g/mol. The SMILES string of the molecule is COc1ccc(C2=C(O[Si](C)(C)C(C)(C)C)C(CC(=O)c3ccccc3)CC2)cc1. The van der Waals surface area contributed by atoms with Crippen LogP contribution in [0.25, 0.3) is 5.57 Å². The molecule has 2 aromatic rings. The minimum absolute atomic E-state index is 0.0988. The summed E-state index contributed by atoms with van der Waals surface area (Å²) in [5, 5.41) is 0.0988. The minimum atomic E-state index is -2.03. The molecule has 0 spiro atoms. The molecule has 1 atom stereocenters. The molecule has 0 N–H and O–H groups in total. The van der Waals surface area contributed by atoms with Crippen molar-refractivity contribution in [3.05, 3.63) is 71.5 Å². The number of benzene rings is 2. The van der Waals surface area contributed by atoms with Gasteiger partial charge in [0.1, 0.15) is 5.75 Å². The molecule has 3 rings (SSSR count). The highest BCUT2D eigenvalue weighted by Gasteiger charge is 2.42. The van der Waals surface area contributed by atoms with Crippen molar-refractivity contribution in [3.8, 4) is 5.75 Å². The van der Waals surface area contributed by atoms with Gasteiger partial charge in [-0.15, -0.1) is 0 Å².